The van der Waals surface area contributed by atoms with Gasteiger partial charge in [0, 0.05) is 9.58 Å². The summed E-state index contributed by atoms with van der Waals surface area (Å²) < 4.78 is 1.35. The molecule has 0 aliphatic rings. The SMILES string of the molecule is C=Cc1cc(C)c2c(C)c(/C(C)=C/c3ccccc3C)sc2c1. The lowest BCUT2D eigenvalue weighted by molar-refractivity contribution is 1.44. The molecule has 1 heteroatoms. The molecule has 0 radical (unpaired) electrons. The maximum atomic E-state index is 3.90. The van der Waals surface area contributed by atoms with Gasteiger partial charge in [0.2, 0.25) is 0 Å². The van der Waals surface area contributed by atoms with Crippen molar-refractivity contribution in [1.29, 1.82) is 0 Å². The van der Waals surface area contributed by atoms with Crippen molar-refractivity contribution in [2.75, 3.05) is 0 Å². The third-order valence-corrected chi connectivity index (χ3v) is 5.78. The van der Waals surface area contributed by atoms with Gasteiger partial charge in [-0.05, 0) is 72.5 Å². The van der Waals surface area contributed by atoms with Gasteiger partial charge in [-0.15, -0.1) is 11.3 Å². The summed E-state index contributed by atoms with van der Waals surface area (Å²) in [6, 6.07) is 13.0. The van der Waals surface area contributed by atoms with Crippen LogP contribution in [0.3, 0.4) is 0 Å². The van der Waals surface area contributed by atoms with Crippen molar-refractivity contribution in [2.24, 2.45) is 0 Å². The Kier molecular flexibility index (Phi) is 4.23. The van der Waals surface area contributed by atoms with Crippen molar-refractivity contribution in [3.8, 4) is 0 Å². The molecule has 0 aliphatic heterocycles. The lowest BCUT2D eigenvalue weighted by Gasteiger charge is -2.04. The average Bonchev–Trinajstić information content (AvgIpc) is 2.87. The van der Waals surface area contributed by atoms with Gasteiger partial charge in [-0.1, -0.05) is 49.1 Å². The fourth-order valence-corrected chi connectivity index (χ4v) is 4.49. The zero-order chi connectivity index (χ0) is 16.6. The molecule has 1 aromatic heterocycles. The predicted octanol–water partition coefficient (Wildman–Crippen LogP) is 7.03. The number of rotatable bonds is 3. The maximum Gasteiger partial charge on any atom is 0.0360 e. The van der Waals surface area contributed by atoms with Crippen LogP contribution in [0.15, 0.2) is 43.0 Å². The van der Waals surface area contributed by atoms with E-state index in [9.17, 15) is 0 Å². The Morgan fingerprint density at radius 2 is 1.78 bits per heavy atom. The first-order chi connectivity index (χ1) is 11.0. The third-order valence-electron chi connectivity index (χ3n) is 4.40. The standard InChI is InChI=1S/C22H22S/c1-6-18-11-15(3)21-17(5)22(23-20(21)13-18)16(4)12-19-10-8-7-9-14(19)2/h6-13H,1H2,2-5H3/b16-12+. The van der Waals surface area contributed by atoms with E-state index in [1.807, 2.05) is 17.4 Å². The van der Waals surface area contributed by atoms with Crippen molar-refractivity contribution in [3.05, 3.63) is 75.7 Å². The number of allylic oxidation sites excluding steroid dienone is 1. The molecule has 0 fully saturated rings. The van der Waals surface area contributed by atoms with E-state index in [1.54, 1.807) is 0 Å². The molecule has 0 N–H and O–H groups in total. The second-order valence-electron chi connectivity index (χ2n) is 6.16. The van der Waals surface area contributed by atoms with Crippen LogP contribution in [-0.2, 0) is 0 Å². The molecule has 0 saturated heterocycles. The van der Waals surface area contributed by atoms with Gasteiger partial charge in [0.25, 0.3) is 0 Å². The zero-order valence-corrected chi connectivity index (χ0v) is 15.1. The Hall–Kier alpha value is -2.12. The Morgan fingerprint density at radius 3 is 2.48 bits per heavy atom. The molecule has 0 bridgehead atoms. The van der Waals surface area contributed by atoms with Gasteiger partial charge in [0.1, 0.15) is 0 Å². The molecule has 3 rings (SSSR count). The second kappa shape index (κ2) is 6.17. The molecule has 23 heavy (non-hydrogen) atoms. The van der Waals surface area contributed by atoms with Crippen LogP contribution in [0.2, 0.25) is 0 Å². The van der Waals surface area contributed by atoms with Gasteiger partial charge < -0.3 is 0 Å². The van der Waals surface area contributed by atoms with Crippen molar-refractivity contribution in [3.63, 3.8) is 0 Å². The average molecular weight is 318 g/mol. The first-order valence-corrected chi connectivity index (χ1v) is 8.73. The van der Waals surface area contributed by atoms with Crippen molar-refractivity contribution >= 4 is 39.1 Å². The molecule has 0 nitrogen and oxygen atoms in total. The summed E-state index contributed by atoms with van der Waals surface area (Å²) in [6.07, 6.45) is 4.23. The van der Waals surface area contributed by atoms with Crippen LogP contribution in [0.1, 0.15) is 39.6 Å². The molecule has 1 heterocycles. The summed E-state index contributed by atoms with van der Waals surface area (Å²) >= 11 is 1.88. The van der Waals surface area contributed by atoms with Crippen molar-refractivity contribution in [1.82, 2.24) is 0 Å². The van der Waals surface area contributed by atoms with Gasteiger partial charge >= 0.3 is 0 Å². The Labute approximate surface area is 142 Å². The Balaban J connectivity index is 2.17. The highest BCUT2D eigenvalue weighted by Crippen LogP contribution is 2.38. The number of thiophene rings is 1. The fraction of sp³-hybridized carbons (Fsp3) is 0.182. The fourth-order valence-electron chi connectivity index (χ4n) is 3.18. The van der Waals surface area contributed by atoms with E-state index in [0.717, 1.165) is 0 Å². The van der Waals surface area contributed by atoms with Crippen LogP contribution in [-0.4, -0.2) is 0 Å². The number of hydrogen-bond acceptors (Lipinski definition) is 1. The molecular formula is C22H22S. The van der Waals surface area contributed by atoms with E-state index in [-0.39, 0.29) is 0 Å². The second-order valence-corrected chi connectivity index (χ2v) is 7.21. The first kappa shape index (κ1) is 15.8. The molecule has 0 unspecified atom stereocenters. The normalized spacial score (nSPS) is 11.9. The third kappa shape index (κ3) is 2.89. The van der Waals surface area contributed by atoms with Crippen molar-refractivity contribution < 1.29 is 0 Å². The minimum Gasteiger partial charge on any atom is -0.135 e. The number of hydrogen-bond donors (Lipinski definition) is 0. The van der Waals surface area contributed by atoms with Gasteiger partial charge in [0.15, 0.2) is 0 Å². The smallest absolute Gasteiger partial charge is 0.0360 e. The van der Waals surface area contributed by atoms with Crippen LogP contribution < -0.4 is 0 Å². The van der Waals surface area contributed by atoms with Crippen LogP contribution in [0.5, 0.6) is 0 Å². The summed E-state index contributed by atoms with van der Waals surface area (Å²) in [5.41, 5.74) is 7.86. The van der Waals surface area contributed by atoms with E-state index < -0.39 is 0 Å². The topological polar surface area (TPSA) is 0 Å². The van der Waals surface area contributed by atoms with Gasteiger partial charge in [-0.3, -0.25) is 0 Å². The highest BCUT2D eigenvalue weighted by Gasteiger charge is 2.12. The van der Waals surface area contributed by atoms with E-state index in [1.165, 1.54) is 48.4 Å². The molecule has 0 amide bonds. The predicted molar refractivity (Wildman–Crippen MR) is 106 cm³/mol. The summed E-state index contributed by atoms with van der Waals surface area (Å²) in [5, 5.41) is 1.40. The lowest BCUT2D eigenvalue weighted by Crippen LogP contribution is -1.83. The molecule has 116 valence electrons. The molecule has 0 aliphatic carbocycles. The highest BCUT2D eigenvalue weighted by atomic mass is 32.1. The zero-order valence-electron chi connectivity index (χ0n) is 14.2. The van der Waals surface area contributed by atoms with Crippen LogP contribution >= 0.6 is 11.3 Å². The summed E-state index contributed by atoms with van der Waals surface area (Å²) in [6.45, 7) is 12.7. The largest absolute Gasteiger partial charge is 0.135 e. The van der Waals surface area contributed by atoms with Crippen LogP contribution in [0, 0.1) is 20.8 Å². The minimum atomic E-state index is 1.20. The number of benzene rings is 2. The summed E-state index contributed by atoms with van der Waals surface area (Å²) in [4.78, 5) is 1.38. The summed E-state index contributed by atoms with van der Waals surface area (Å²) in [7, 11) is 0. The van der Waals surface area contributed by atoms with Gasteiger partial charge in [-0.25, -0.2) is 0 Å². The number of aryl methyl sites for hydroxylation is 3. The molecule has 0 atom stereocenters. The minimum absolute atomic E-state index is 1.20. The monoisotopic (exact) mass is 318 g/mol. The van der Waals surface area contributed by atoms with Crippen molar-refractivity contribution in [2.45, 2.75) is 27.7 Å². The molecule has 3 aromatic rings. The van der Waals surface area contributed by atoms with Crippen LogP contribution in [0.25, 0.3) is 27.8 Å². The van der Waals surface area contributed by atoms with E-state index in [2.05, 4.69) is 76.7 Å². The Morgan fingerprint density at radius 1 is 1.04 bits per heavy atom. The molecule has 0 saturated carbocycles. The Bertz CT molecular complexity index is 923. The molecule has 2 aromatic carbocycles. The van der Waals surface area contributed by atoms with E-state index >= 15 is 0 Å². The van der Waals surface area contributed by atoms with E-state index in [4.69, 9.17) is 0 Å². The van der Waals surface area contributed by atoms with Gasteiger partial charge in [-0.2, -0.15) is 0 Å². The quantitative estimate of drug-likeness (QED) is 0.486. The first-order valence-electron chi connectivity index (χ1n) is 7.91. The maximum absolute atomic E-state index is 3.90. The van der Waals surface area contributed by atoms with Gasteiger partial charge in [0.05, 0.1) is 0 Å². The molecular weight excluding hydrogens is 296 g/mol. The number of fused-ring (bicyclic) bond motifs is 1. The highest BCUT2D eigenvalue weighted by molar-refractivity contribution is 7.20. The molecule has 0 spiro atoms. The summed E-state index contributed by atoms with van der Waals surface area (Å²) in [5.74, 6) is 0. The lowest BCUT2D eigenvalue weighted by atomic mass is 10.0. The van der Waals surface area contributed by atoms with Crippen LogP contribution in [0.4, 0.5) is 0 Å². The van der Waals surface area contributed by atoms with E-state index in [0.29, 0.717) is 0 Å².